The number of fused-ring (bicyclic) bond motifs is 1. The van der Waals surface area contributed by atoms with Crippen LogP contribution < -0.4 is 5.73 Å². The second kappa shape index (κ2) is 4.45. The smallest absolute Gasteiger partial charge is 0.0272 e. The SMILES string of the molecule is C[C@H](N)c1cccc2ccccc12.Cl. The average Bonchev–Trinajstić information content (AvgIpc) is 2.17. The van der Waals surface area contributed by atoms with Crippen LogP contribution in [0.5, 0.6) is 0 Å². The van der Waals surface area contributed by atoms with Crippen molar-refractivity contribution in [2.45, 2.75) is 13.0 Å². The zero-order valence-corrected chi connectivity index (χ0v) is 8.92. The van der Waals surface area contributed by atoms with Crippen molar-refractivity contribution in [3.05, 3.63) is 48.0 Å². The number of rotatable bonds is 1. The van der Waals surface area contributed by atoms with Crippen LogP contribution in [0.1, 0.15) is 18.5 Å². The van der Waals surface area contributed by atoms with Gasteiger partial charge in [-0.15, -0.1) is 12.4 Å². The summed E-state index contributed by atoms with van der Waals surface area (Å²) < 4.78 is 0. The lowest BCUT2D eigenvalue weighted by molar-refractivity contribution is 0.827. The summed E-state index contributed by atoms with van der Waals surface area (Å²) in [6.45, 7) is 2.02. The number of benzene rings is 2. The molecular formula is C12H14ClN. The van der Waals surface area contributed by atoms with Crippen LogP contribution in [0.15, 0.2) is 42.5 Å². The molecule has 0 saturated heterocycles. The molecule has 1 atom stereocenters. The summed E-state index contributed by atoms with van der Waals surface area (Å²) in [6, 6.07) is 14.7. The lowest BCUT2D eigenvalue weighted by Gasteiger charge is -2.09. The first kappa shape index (κ1) is 11.0. The predicted molar refractivity (Wildman–Crippen MR) is 63.8 cm³/mol. The van der Waals surface area contributed by atoms with Gasteiger partial charge in [-0.1, -0.05) is 42.5 Å². The molecule has 0 spiro atoms. The van der Waals surface area contributed by atoms with Crippen LogP contribution in [0.3, 0.4) is 0 Å². The lowest BCUT2D eigenvalue weighted by Crippen LogP contribution is -2.05. The van der Waals surface area contributed by atoms with Crippen LogP contribution in [-0.4, -0.2) is 0 Å². The van der Waals surface area contributed by atoms with Gasteiger partial charge in [0.2, 0.25) is 0 Å². The summed E-state index contributed by atoms with van der Waals surface area (Å²) in [5.41, 5.74) is 7.10. The Balaban J connectivity index is 0.000000980. The van der Waals surface area contributed by atoms with Gasteiger partial charge in [-0.05, 0) is 23.3 Å². The number of hydrogen-bond acceptors (Lipinski definition) is 1. The van der Waals surface area contributed by atoms with E-state index in [-0.39, 0.29) is 18.4 Å². The molecule has 0 saturated carbocycles. The first-order chi connectivity index (χ1) is 6.29. The van der Waals surface area contributed by atoms with Crippen LogP contribution in [0.4, 0.5) is 0 Å². The highest BCUT2D eigenvalue weighted by molar-refractivity contribution is 5.86. The van der Waals surface area contributed by atoms with Gasteiger partial charge in [-0.3, -0.25) is 0 Å². The van der Waals surface area contributed by atoms with Crippen molar-refractivity contribution in [2.75, 3.05) is 0 Å². The monoisotopic (exact) mass is 207 g/mol. The topological polar surface area (TPSA) is 26.0 Å². The molecule has 0 amide bonds. The van der Waals surface area contributed by atoms with E-state index in [2.05, 4.69) is 30.3 Å². The van der Waals surface area contributed by atoms with Gasteiger partial charge < -0.3 is 5.73 Å². The van der Waals surface area contributed by atoms with Crippen LogP contribution in [-0.2, 0) is 0 Å². The molecule has 1 nitrogen and oxygen atoms in total. The highest BCUT2D eigenvalue weighted by atomic mass is 35.5. The second-order valence-electron chi connectivity index (χ2n) is 3.36. The molecule has 0 aliphatic carbocycles. The number of hydrogen-bond donors (Lipinski definition) is 1. The molecule has 0 aliphatic rings. The van der Waals surface area contributed by atoms with E-state index in [9.17, 15) is 0 Å². The molecule has 0 heterocycles. The van der Waals surface area contributed by atoms with Crippen molar-refractivity contribution in [1.29, 1.82) is 0 Å². The molecule has 14 heavy (non-hydrogen) atoms. The molecule has 74 valence electrons. The average molecular weight is 208 g/mol. The van der Waals surface area contributed by atoms with Gasteiger partial charge in [0.15, 0.2) is 0 Å². The fourth-order valence-corrected chi connectivity index (χ4v) is 1.65. The molecule has 2 heteroatoms. The highest BCUT2D eigenvalue weighted by Gasteiger charge is 2.02. The van der Waals surface area contributed by atoms with Crippen molar-refractivity contribution >= 4 is 23.2 Å². The van der Waals surface area contributed by atoms with Crippen molar-refractivity contribution in [3.63, 3.8) is 0 Å². The van der Waals surface area contributed by atoms with E-state index in [1.807, 2.05) is 19.1 Å². The zero-order valence-electron chi connectivity index (χ0n) is 8.10. The first-order valence-electron chi connectivity index (χ1n) is 4.52. The number of halogens is 1. The van der Waals surface area contributed by atoms with E-state index in [0.29, 0.717) is 0 Å². The highest BCUT2D eigenvalue weighted by Crippen LogP contribution is 2.22. The fraction of sp³-hybridized carbons (Fsp3) is 0.167. The van der Waals surface area contributed by atoms with E-state index in [1.54, 1.807) is 0 Å². The summed E-state index contributed by atoms with van der Waals surface area (Å²) in [5.74, 6) is 0. The van der Waals surface area contributed by atoms with Gasteiger partial charge in [0.25, 0.3) is 0 Å². The Morgan fingerprint density at radius 3 is 2.36 bits per heavy atom. The summed E-state index contributed by atoms with van der Waals surface area (Å²) in [6.07, 6.45) is 0. The Morgan fingerprint density at radius 1 is 1.00 bits per heavy atom. The van der Waals surface area contributed by atoms with Gasteiger partial charge in [0.1, 0.15) is 0 Å². The minimum absolute atomic E-state index is 0. The molecule has 0 fully saturated rings. The summed E-state index contributed by atoms with van der Waals surface area (Å²) in [5, 5.41) is 2.53. The maximum Gasteiger partial charge on any atom is 0.0272 e. The van der Waals surface area contributed by atoms with Gasteiger partial charge in [0.05, 0.1) is 0 Å². The van der Waals surface area contributed by atoms with Crippen LogP contribution in [0, 0.1) is 0 Å². The molecule has 0 bridgehead atoms. The largest absolute Gasteiger partial charge is 0.324 e. The minimum Gasteiger partial charge on any atom is -0.324 e. The quantitative estimate of drug-likeness (QED) is 0.763. The Hall–Kier alpha value is -1.05. The lowest BCUT2D eigenvalue weighted by atomic mass is 10.0. The van der Waals surface area contributed by atoms with E-state index in [4.69, 9.17) is 5.73 Å². The van der Waals surface area contributed by atoms with Crippen LogP contribution in [0.25, 0.3) is 10.8 Å². The fourth-order valence-electron chi connectivity index (χ4n) is 1.65. The van der Waals surface area contributed by atoms with E-state index < -0.39 is 0 Å². The third kappa shape index (κ3) is 1.89. The summed E-state index contributed by atoms with van der Waals surface area (Å²) in [7, 11) is 0. The Kier molecular flexibility index (Phi) is 3.50. The molecule has 2 aromatic rings. The Bertz CT molecular complexity index is 418. The van der Waals surface area contributed by atoms with Crippen LogP contribution >= 0.6 is 12.4 Å². The zero-order chi connectivity index (χ0) is 9.26. The van der Waals surface area contributed by atoms with Crippen molar-refractivity contribution in [3.8, 4) is 0 Å². The minimum atomic E-state index is 0. The number of nitrogens with two attached hydrogens (primary N) is 1. The van der Waals surface area contributed by atoms with Crippen molar-refractivity contribution in [1.82, 2.24) is 0 Å². The molecule has 0 aliphatic heterocycles. The van der Waals surface area contributed by atoms with Gasteiger partial charge >= 0.3 is 0 Å². The standard InChI is InChI=1S/C12H13N.ClH/c1-9(13)11-8-4-6-10-5-2-3-7-12(10)11;/h2-9H,13H2,1H3;1H/t9-;/m0./s1. The van der Waals surface area contributed by atoms with E-state index >= 15 is 0 Å². The van der Waals surface area contributed by atoms with Crippen molar-refractivity contribution < 1.29 is 0 Å². The molecule has 2 rings (SSSR count). The second-order valence-corrected chi connectivity index (χ2v) is 3.36. The molecule has 0 aromatic heterocycles. The predicted octanol–water partition coefficient (Wildman–Crippen LogP) is 3.28. The van der Waals surface area contributed by atoms with Gasteiger partial charge in [0, 0.05) is 6.04 Å². The maximum absolute atomic E-state index is 5.88. The van der Waals surface area contributed by atoms with Gasteiger partial charge in [-0.25, -0.2) is 0 Å². The van der Waals surface area contributed by atoms with Gasteiger partial charge in [-0.2, -0.15) is 0 Å². The molecule has 2 N–H and O–H groups in total. The van der Waals surface area contributed by atoms with E-state index in [1.165, 1.54) is 16.3 Å². The molecular weight excluding hydrogens is 194 g/mol. The van der Waals surface area contributed by atoms with Crippen molar-refractivity contribution in [2.24, 2.45) is 5.73 Å². The third-order valence-electron chi connectivity index (χ3n) is 2.31. The maximum atomic E-state index is 5.88. The molecule has 2 aromatic carbocycles. The third-order valence-corrected chi connectivity index (χ3v) is 2.31. The summed E-state index contributed by atoms with van der Waals surface area (Å²) in [4.78, 5) is 0. The summed E-state index contributed by atoms with van der Waals surface area (Å²) >= 11 is 0. The molecule has 0 radical (unpaired) electrons. The van der Waals surface area contributed by atoms with Crippen LogP contribution in [0.2, 0.25) is 0 Å². The first-order valence-corrected chi connectivity index (χ1v) is 4.52. The Morgan fingerprint density at radius 2 is 1.64 bits per heavy atom. The molecule has 0 unspecified atom stereocenters. The Labute approximate surface area is 90.3 Å². The van der Waals surface area contributed by atoms with E-state index in [0.717, 1.165) is 0 Å². The normalized spacial score (nSPS) is 12.1.